The molecule has 4 aromatic carbocycles. The first kappa shape index (κ1) is 33.5. The molecule has 4 rings (SSSR count). The van der Waals surface area contributed by atoms with Crippen LogP contribution in [0, 0.1) is 20.8 Å². The van der Waals surface area contributed by atoms with E-state index in [0.717, 1.165) is 28.7 Å². The monoisotopic (exact) mass is 625 g/mol. The second kappa shape index (κ2) is 15.0. The van der Waals surface area contributed by atoms with Crippen molar-refractivity contribution >= 4 is 27.5 Å². The Morgan fingerprint density at radius 3 is 2.00 bits per heavy atom. The summed E-state index contributed by atoms with van der Waals surface area (Å²) in [6.07, 6.45) is 1.00. The van der Waals surface area contributed by atoms with Crippen molar-refractivity contribution in [3.05, 3.63) is 131 Å². The molecule has 8 heteroatoms. The van der Waals surface area contributed by atoms with Gasteiger partial charge in [0.05, 0.1) is 10.6 Å². The first-order valence-electron chi connectivity index (χ1n) is 15.3. The molecule has 0 aromatic heterocycles. The molecule has 0 bridgehead atoms. The van der Waals surface area contributed by atoms with Crippen molar-refractivity contribution in [3.8, 4) is 0 Å². The molecule has 7 nitrogen and oxygen atoms in total. The number of amides is 2. The van der Waals surface area contributed by atoms with Gasteiger partial charge in [-0.1, -0.05) is 97.4 Å². The lowest BCUT2D eigenvalue weighted by molar-refractivity contribution is -0.140. The lowest BCUT2D eigenvalue weighted by Gasteiger charge is -2.34. The Kier molecular flexibility index (Phi) is 11.2. The largest absolute Gasteiger partial charge is 0.352 e. The number of hydrogen-bond donors (Lipinski definition) is 1. The number of nitrogens with one attached hydrogen (secondary N) is 1. The van der Waals surface area contributed by atoms with Gasteiger partial charge in [-0.15, -0.1) is 0 Å². The molecule has 0 saturated carbocycles. The maximum absolute atomic E-state index is 14.6. The van der Waals surface area contributed by atoms with E-state index >= 15 is 0 Å². The number of rotatable bonds is 13. The van der Waals surface area contributed by atoms with Crippen LogP contribution in [0.15, 0.2) is 108 Å². The van der Waals surface area contributed by atoms with Crippen molar-refractivity contribution in [2.24, 2.45) is 0 Å². The van der Waals surface area contributed by atoms with Gasteiger partial charge in [-0.3, -0.25) is 13.9 Å². The zero-order valence-electron chi connectivity index (χ0n) is 26.7. The van der Waals surface area contributed by atoms with E-state index in [4.69, 9.17) is 0 Å². The van der Waals surface area contributed by atoms with Crippen LogP contribution < -0.4 is 9.62 Å². The molecule has 2 amide bonds. The van der Waals surface area contributed by atoms with Gasteiger partial charge in [0.25, 0.3) is 10.0 Å². The van der Waals surface area contributed by atoms with E-state index < -0.39 is 28.5 Å². The summed E-state index contributed by atoms with van der Waals surface area (Å²) in [4.78, 5) is 30.2. The van der Waals surface area contributed by atoms with Crippen LogP contribution in [0.4, 0.5) is 5.69 Å². The molecule has 0 fully saturated rings. The van der Waals surface area contributed by atoms with Crippen molar-refractivity contribution in [3.63, 3.8) is 0 Å². The third-order valence-corrected chi connectivity index (χ3v) is 9.76. The summed E-state index contributed by atoms with van der Waals surface area (Å²) in [6, 6.07) is 30.1. The van der Waals surface area contributed by atoms with Crippen LogP contribution in [-0.2, 0) is 32.6 Å². The Morgan fingerprint density at radius 1 is 0.778 bits per heavy atom. The molecular weight excluding hydrogens is 582 g/mol. The quantitative estimate of drug-likeness (QED) is 0.187. The van der Waals surface area contributed by atoms with Crippen molar-refractivity contribution in [2.45, 2.75) is 71.0 Å². The van der Waals surface area contributed by atoms with E-state index in [1.54, 1.807) is 24.3 Å². The Labute approximate surface area is 268 Å². The lowest BCUT2D eigenvalue weighted by Crippen LogP contribution is -2.54. The Morgan fingerprint density at radius 2 is 1.38 bits per heavy atom. The molecule has 45 heavy (non-hydrogen) atoms. The van der Waals surface area contributed by atoms with E-state index in [1.807, 2.05) is 101 Å². The average molecular weight is 626 g/mol. The van der Waals surface area contributed by atoms with Crippen molar-refractivity contribution in [1.29, 1.82) is 0 Å². The highest BCUT2D eigenvalue weighted by atomic mass is 32.2. The number of hydrogen-bond acceptors (Lipinski definition) is 4. The van der Waals surface area contributed by atoms with Crippen molar-refractivity contribution in [1.82, 2.24) is 10.2 Å². The zero-order chi connectivity index (χ0) is 32.6. The SMILES string of the molecule is CC[C@H](C)NC(=O)[C@H](Cc1ccccc1)N(Cc1ccc(C)cc1)C(=O)CN(c1cc(C)ccc1C)S(=O)(=O)c1ccccc1. The summed E-state index contributed by atoms with van der Waals surface area (Å²) >= 11 is 0. The Balaban J connectivity index is 1.83. The van der Waals surface area contributed by atoms with Crippen LogP contribution in [0.5, 0.6) is 0 Å². The summed E-state index contributed by atoms with van der Waals surface area (Å²) in [7, 11) is -4.14. The maximum Gasteiger partial charge on any atom is 0.264 e. The summed E-state index contributed by atoms with van der Waals surface area (Å²) in [5.41, 5.74) is 4.81. The van der Waals surface area contributed by atoms with E-state index in [0.29, 0.717) is 11.3 Å². The van der Waals surface area contributed by atoms with Crippen LogP contribution >= 0.6 is 0 Å². The van der Waals surface area contributed by atoms with Gasteiger partial charge in [0.2, 0.25) is 11.8 Å². The lowest BCUT2D eigenvalue weighted by atomic mass is 10.0. The molecule has 0 spiro atoms. The van der Waals surface area contributed by atoms with Gasteiger partial charge >= 0.3 is 0 Å². The van der Waals surface area contributed by atoms with Gasteiger partial charge in [0.15, 0.2) is 0 Å². The predicted molar refractivity (Wildman–Crippen MR) is 180 cm³/mol. The number of anilines is 1. The van der Waals surface area contributed by atoms with E-state index in [9.17, 15) is 18.0 Å². The highest BCUT2D eigenvalue weighted by Crippen LogP contribution is 2.29. The number of sulfonamides is 1. The highest BCUT2D eigenvalue weighted by Gasteiger charge is 2.35. The molecule has 0 saturated heterocycles. The molecule has 0 heterocycles. The fourth-order valence-electron chi connectivity index (χ4n) is 5.11. The summed E-state index contributed by atoms with van der Waals surface area (Å²) in [6.45, 7) is 9.28. The topological polar surface area (TPSA) is 86.8 Å². The van der Waals surface area contributed by atoms with E-state index in [1.165, 1.54) is 21.3 Å². The van der Waals surface area contributed by atoms with Gasteiger partial charge in [-0.05, 0) is 74.6 Å². The maximum atomic E-state index is 14.6. The second-order valence-electron chi connectivity index (χ2n) is 11.6. The van der Waals surface area contributed by atoms with Crippen LogP contribution in [0.2, 0.25) is 0 Å². The average Bonchev–Trinajstić information content (AvgIpc) is 3.04. The summed E-state index contributed by atoms with van der Waals surface area (Å²) in [5.74, 6) is -0.755. The van der Waals surface area contributed by atoms with Gasteiger partial charge < -0.3 is 10.2 Å². The molecule has 0 aliphatic heterocycles. The van der Waals surface area contributed by atoms with Crippen molar-refractivity contribution < 1.29 is 18.0 Å². The van der Waals surface area contributed by atoms with Crippen LogP contribution in [0.25, 0.3) is 0 Å². The third-order valence-electron chi connectivity index (χ3n) is 7.99. The first-order chi connectivity index (χ1) is 21.5. The molecule has 2 atom stereocenters. The summed E-state index contributed by atoms with van der Waals surface area (Å²) < 4.78 is 29.6. The number of carbonyl (C=O) groups excluding carboxylic acids is 2. The standard InChI is InChI=1S/C37H43N3O4S/c1-6-30(5)38-37(42)35(24-31-13-9-7-10-14-31)39(25-32-21-18-27(2)19-22-32)36(41)26-40(34-23-28(3)17-20-29(34)4)45(43,44)33-15-11-8-12-16-33/h7-23,30,35H,6,24-26H2,1-5H3,(H,38,42)/t30-,35-/m0/s1. The van der Waals surface area contributed by atoms with E-state index in [-0.39, 0.29) is 29.8 Å². The minimum absolute atomic E-state index is 0.0825. The Bertz CT molecular complexity index is 1690. The predicted octanol–water partition coefficient (Wildman–Crippen LogP) is 6.36. The number of nitrogens with zero attached hydrogens (tertiary/aromatic N) is 2. The number of carbonyl (C=O) groups is 2. The van der Waals surface area contributed by atoms with Gasteiger partial charge in [-0.25, -0.2) is 8.42 Å². The molecule has 0 aliphatic rings. The van der Waals surface area contributed by atoms with Crippen molar-refractivity contribution in [2.75, 3.05) is 10.8 Å². The van der Waals surface area contributed by atoms with Crippen LogP contribution in [0.3, 0.4) is 0 Å². The van der Waals surface area contributed by atoms with Crippen LogP contribution in [-0.4, -0.2) is 43.8 Å². The number of benzene rings is 4. The van der Waals surface area contributed by atoms with E-state index in [2.05, 4.69) is 5.32 Å². The minimum Gasteiger partial charge on any atom is -0.352 e. The molecule has 0 aliphatic carbocycles. The third kappa shape index (κ3) is 8.60. The van der Waals surface area contributed by atoms with Gasteiger partial charge in [0.1, 0.15) is 12.6 Å². The van der Waals surface area contributed by atoms with Gasteiger partial charge in [-0.2, -0.15) is 0 Å². The molecule has 236 valence electrons. The second-order valence-corrected chi connectivity index (χ2v) is 13.5. The smallest absolute Gasteiger partial charge is 0.264 e. The number of aryl methyl sites for hydroxylation is 3. The normalized spacial score (nSPS) is 12.6. The summed E-state index contributed by atoms with van der Waals surface area (Å²) in [5, 5.41) is 3.07. The molecule has 0 unspecified atom stereocenters. The highest BCUT2D eigenvalue weighted by molar-refractivity contribution is 7.92. The molecular formula is C37H43N3O4S. The zero-order valence-corrected chi connectivity index (χ0v) is 27.6. The minimum atomic E-state index is -4.14. The fourth-order valence-corrected chi connectivity index (χ4v) is 6.60. The molecule has 1 N–H and O–H groups in total. The fraction of sp³-hybridized carbons (Fsp3) is 0.297. The Hall–Kier alpha value is -4.43. The first-order valence-corrected chi connectivity index (χ1v) is 16.8. The molecule has 4 aromatic rings. The molecule has 0 radical (unpaired) electrons. The van der Waals surface area contributed by atoms with Crippen LogP contribution in [0.1, 0.15) is 48.1 Å². The van der Waals surface area contributed by atoms with Gasteiger partial charge in [0, 0.05) is 19.0 Å².